The molecule has 0 aliphatic rings. The molecule has 0 aliphatic heterocycles. The van der Waals surface area contributed by atoms with Crippen LogP contribution in [0.1, 0.15) is 10.4 Å². The van der Waals surface area contributed by atoms with Crippen LogP contribution in [0.25, 0.3) is 11.1 Å². The zero-order valence-electron chi connectivity index (χ0n) is 8.65. The van der Waals surface area contributed by atoms with E-state index in [4.69, 9.17) is 16.7 Å². The van der Waals surface area contributed by atoms with Gasteiger partial charge in [0.25, 0.3) is 0 Å². The Bertz CT molecular complexity index is 581. The lowest BCUT2D eigenvalue weighted by Crippen LogP contribution is -1.97. The molecule has 17 heavy (non-hydrogen) atoms. The molecular formula is C13H8BrClO2. The van der Waals surface area contributed by atoms with Crippen LogP contribution in [-0.4, -0.2) is 11.1 Å². The molecule has 0 saturated carbocycles. The largest absolute Gasteiger partial charge is 0.478 e. The van der Waals surface area contributed by atoms with Gasteiger partial charge in [0.15, 0.2) is 0 Å². The minimum absolute atomic E-state index is 0.111. The van der Waals surface area contributed by atoms with Crippen molar-refractivity contribution in [1.29, 1.82) is 0 Å². The molecule has 0 fully saturated rings. The van der Waals surface area contributed by atoms with Crippen LogP contribution in [0.5, 0.6) is 0 Å². The smallest absolute Gasteiger partial charge is 0.337 e. The van der Waals surface area contributed by atoms with E-state index < -0.39 is 5.97 Å². The maximum Gasteiger partial charge on any atom is 0.337 e. The van der Waals surface area contributed by atoms with Crippen molar-refractivity contribution in [3.8, 4) is 11.1 Å². The van der Waals surface area contributed by atoms with Gasteiger partial charge < -0.3 is 5.11 Å². The quantitative estimate of drug-likeness (QED) is 0.888. The van der Waals surface area contributed by atoms with Gasteiger partial charge in [-0.05, 0) is 29.3 Å². The van der Waals surface area contributed by atoms with Crippen molar-refractivity contribution in [3.63, 3.8) is 0 Å². The van der Waals surface area contributed by atoms with Gasteiger partial charge in [0, 0.05) is 4.47 Å². The molecule has 0 spiro atoms. The van der Waals surface area contributed by atoms with Crippen molar-refractivity contribution >= 4 is 33.5 Å². The summed E-state index contributed by atoms with van der Waals surface area (Å²) in [5, 5.41) is 9.25. The minimum atomic E-state index is -1.02. The Morgan fingerprint density at radius 3 is 2.53 bits per heavy atom. The van der Waals surface area contributed by atoms with Crippen molar-refractivity contribution in [2.45, 2.75) is 0 Å². The summed E-state index contributed by atoms with van der Waals surface area (Å²) in [7, 11) is 0. The SMILES string of the molecule is O=C(O)c1cc(-c2ccccc2Br)ccc1Cl. The van der Waals surface area contributed by atoms with Gasteiger partial charge in [0.1, 0.15) is 0 Å². The second-order valence-electron chi connectivity index (χ2n) is 3.48. The molecule has 4 heteroatoms. The Labute approximate surface area is 112 Å². The second kappa shape index (κ2) is 4.90. The molecule has 86 valence electrons. The number of benzene rings is 2. The van der Waals surface area contributed by atoms with Crippen LogP contribution in [-0.2, 0) is 0 Å². The fourth-order valence-corrected chi connectivity index (χ4v) is 2.26. The highest BCUT2D eigenvalue weighted by molar-refractivity contribution is 9.10. The number of rotatable bonds is 2. The topological polar surface area (TPSA) is 37.3 Å². The third-order valence-corrected chi connectivity index (χ3v) is 3.40. The Hall–Kier alpha value is -1.32. The molecular weight excluding hydrogens is 303 g/mol. The number of carbonyl (C=O) groups is 1. The first kappa shape index (κ1) is 12.1. The molecule has 2 aromatic rings. The molecule has 2 aromatic carbocycles. The molecule has 0 saturated heterocycles. The predicted molar refractivity (Wildman–Crippen MR) is 71.5 cm³/mol. The van der Waals surface area contributed by atoms with Crippen LogP contribution in [0.15, 0.2) is 46.9 Å². The molecule has 2 nitrogen and oxygen atoms in total. The molecule has 0 aliphatic carbocycles. The summed E-state index contributed by atoms with van der Waals surface area (Å²) in [6, 6.07) is 12.6. The Morgan fingerprint density at radius 2 is 1.88 bits per heavy atom. The number of carboxylic acids is 1. The summed E-state index contributed by atoms with van der Waals surface area (Å²) in [5.41, 5.74) is 1.87. The van der Waals surface area contributed by atoms with Gasteiger partial charge in [-0.2, -0.15) is 0 Å². The Kier molecular flexibility index (Phi) is 3.50. The molecule has 0 amide bonds. The zero-order chi connectivity index (χ0) is 12.4. The average molecular weight is 312 g/mol. The normalized spacial score (nSPS) is 10.2. The van der Waals surface area contributed by atoms with Crippen LogP contribution in [0.3, 0.4) is 0 Å². The van der Waals surface area contributed by atoms with Gasteiger partial charge in [-0.3, -0.25) is 0 Å². The van der Waals surface area contributed by atoms with Gasteiger partial charge >= 0.3 is 5.97 Å². The molecule has 1 N–H and O–H groups in total. The maximum atomic E-state index is 11.0. The number of halogens is 2. The van der Waals surface area contributed by atoms with Crippen molar-refractivity contribution in [2.24, 2.45) is 0 Å². The second-order valence-corrected chi connectivity index (χ2v) is 4.74. The molecule has 0 unspecified atom stereocenters. The summed E-state index contributed by atoms with van der Waals surface area (Å²) in [6.07, 6.45) is 0. The number of hydrogen-bond donors (Lipinski definition) is 1. The molecule has 2 rings (SSSR count). The van der Waals surface area contributed by atoms with E-state index in [0.717, 1.165) is 15.6 Å². The number of aromatic carboxylic acids is 1. The lowest BCUT2D eigenvalue weighted by atomic mass is 10.0. The molecule has 0 atom stereocenters. The van der Waals surface area contributed by atoms with Gasteiger partial charge in [0.05, 0.1) is 10.6 Å². The van der Waals surface area contributed by atoms with Gasteiger partial charge in [0.2, 0.25) is 0 Å². The molecule has 0 bridgehead atoms. The standard InChI is InChI=1S/C13H8BrClO2/c14-11-4-2-1-3-9(11)8-5-6-12(15)10(7-8)13(16)17/h1-7H,(H,16,17). The highest BCUT2D eigenvalue weighted by Gasteiger charge is 2.11. The van der Waals surface area contributed by atoms with E-state index in [0.29, 0.717) is 0 Å². The first-order valence-electron chi connectivity index (χ1n) is 4.87. The van der Waals surface area contributed by atoms with Crippen molar-refractivity contribution in [1.82, 2.24) is 0 Å². The van der Waals surface area contributed by atoms with E-state index in [2.05, 4.69) is 15.9 Å². The van der Waals surface area contributed by atoms with Crippen molar-refractivity contribution in [3.05, 3.63) is 57.5 Å². The summed E-state index contributed by atoms with van der Waals surface area (Å²) >= 11 is 9.26. The van der Waals surface area contributed by atoms with Gasteiger partial charge in [-0.15, -0.1) is 0 Å². The third kappa shape index (κ3) is 2.51. The first-order chi connectivity index (χ1) is 8.09. The van der Waals surface area contributed by atoms with Crippen LogP contribution < -0.4 is 0 Å². The predicted octanol–water partition coefficient (Wildman–Crippen LogP) is 4.47. The van der Waals surface area contributed by atoms with Gasteiger partial charge in [-0.1, -0.05) is 51.8 Å². The van der Waals surface area contributed by atoms with Gasteiger partial charge in [-0.25, -0.2) is 4.79 Å². The van der Waals surface area contributed by atoms with E-state index >= 15 is 0 Å². The summed E-state index contributed by atoms with van der Waals surface area (Å²) in [6.45, 7) is 0. The van der Waals surface area contributed by atoms with Crippen molar-refractivity contribution in [2.75, 3.05) is 0 Å². The molecule has 0 aromatic heterocycles. The monoisotopic (exact) mass is 310 g/mol. The van der Waals surface area contributed by atoms with Crippen LogP contribution in [0, 0.1) is 0 Å². The zero-order valence-corrected chi connectivity index (χ0v) is 11.0. The van der Waals surface area contributed by atoms with Crippen LogP contribution in [0.4, 0.5) is 0 Å². The summed E-state index contributed by atoms with van der Waals surface area (Å²) in [5.74, 6) is -1.02. The Balaban J connectivity index is 2.58. The average Bonchev–Trinajstić information content (AvgIpc) is 2.30. The third-order valence-electron chi connectivity index (χ3n) is 2.38. The highest BCUT2D eigenvalue weighted by Crippen LogP contribution is 2.30. The van der Waals surface area contributed by atoms with Crippen LogP contribution >= 0.6 is 27.5 Å². The van der Waals surface area contributed by atoms with E-state index in [1.807, 2.05) is 24.3 Å². The fraction of sp³-hybridized carbons (Fsp3) is 0. The first-order valence-corrected chi connectivity index (χ1v) is 6.04. The number of carboxylic acid groups (broad SMARTS) is 1. The summed E-state index contributed by atoms with van der Waals surface area (Å²) in [4.78, 5) is 11.0. The Morgan fingerprint density at radius 1 is 1.18 bits per heavy atom. The van der Waals surface area contributed by atoms with E-state index in [1.54, 1.807) is 18.2 Å². The lowest BCUT2D eigenvalue weighted by Gasteiger charge is -2.06. The van der Waals surface area contributed by atoms with E-state index in [-0.39, 0.29) is 10.6 Å². The fourth-order valence-electron chi connectivity index (χ4n) is 1.55. The molecule has 0 radical (unpaired) electrons. The number of hydrogen-bond acceptors (Lipinski definition) is 1. The molecule has 0 heterocycles. The minimum Gasteiger partial charge on any atom is -0.478 e. The van der Waals surface area contributed by atoms with E-state index in [1.165, 1.54) is 0 Å². The van der Waals surface area contributed by atoms with E-state index in [9.17, 15) is 4.79 Å². The summed E-state index contributed by atoms with van der Waals surface area (Å²) < 4.78 is 0.915. The maximum absolute atomic E-state index is 11.0. The van der Waals surface area contributed by atoms with Crippen molar-refractivity contribution < 1.29 is 9.90 Å². The lowest BCUT2D eigenvalue weighted by molar-refractivity contribution is 0.0697. The highest BCUT2D eigenvalue weighted by atomic mass is 79.9. The van der Waals surface area contributed by atoms with Crippen LogP contribution in [0.2, 0.25) is 5.02 Å².